The second-order valence-corrected chi connectivity index (χ2v) is 9.21. The van der Waals surface area contributed by atoms with Gasteiger partial charge in [-0.15, -0.1) is 0 Å². The van der Waals surface area contributed by atoms with E-state index in [2.05, 4.69) is 13.8 Å². The molecule has 4 aliphatic rings. The van der Waals surface area contributed by atoms with E-state index in [1.165, 1.54) is 12.5 Å². The van der Waals surface area contributed by atoms with E-state index in [1.807, 2.05) is 0 Å². The molecule has 4 aliphatic carbocycles. The Labute approximate surface area is 149 Å². The first-order valence-electron chi connectivity index (χ1n) is 9.74. The SMILES string of the molecule is CC(=O)OC1=C2CC[C@H]3[C@@H]4C(=O)C(=O)C[C@@]4(C)CC[C@@H]3[C@@]2(C)CCC1. The summed E-state index contributed by atoms with van der Waals surface area (Å²) in [6.07, 6.45) is 7.29. The van der Waals surface area contributed by atoms with Gasteiger partial charge in [-0.05, 0) is 66.8 Å². The molecule has 5 atom stereocenters. The average molecular weight is 344 g/mol. The second kappa shape index (κ2) is 5.52. The highest BCUT2D eigenvalue weighted by Crippen LogP contribution is 2.64. The van der Waals surface area contributed by atoms with Gasteiger partial charge in [0.25, 0.3) is 0 Å². The minimum atomic E-state index is -0.235. The summed E-state index contributed by atoms with van der Waals surface area (Å²) in [5.74, 6) is 1.05. The molecule has 3 fully saturated rings. The number of ether oxygens (including phenoxy) is 1. The topological polar surface area (TPSA) is 60.4 Å². The molecule has 0 amide bonds. The highest BCUT2D eigenvalue weighted by Gasteiger charge is 2.61. The van der Waals surface area contributed by atoms with Gasteiger partial charge in [0.1, 0.15) is 5.76 Å². The van der Waals surface area contributed by atoms with Crippen molar-refractivity contribution in [2.24, 2.45) is 28.6 Å². The Kier molecular flexibility index (Phi) is 3.75. The number of esters is 1. The van der Waals surface area contributed by atoms with Gasteiger partial charge < -0.3 is 4.74 Å². The van der Waals surface area contributed by atoms with Crippen molar-refractivity contribution in [1.82, 2.24) is 0 Å². The number of rotatable bonds is 1. The first kappa shape index (κ1) is 17.0. The van der Waals surface area contributed by atoms with Gasteiger partial charge in [0.15, 0.2) is 5.78 Å². The molecule has 0 saturated heterocycles. The van der Waals surface area contributed by atoms with Crippen LogP contribution in [0.1, 0.15) is 72.1 Å². The average Bonchev–Trinajstić information content (AvgIpc) is 2.76. The van der Waals surface area contributed by atoms with E-state index in [4.69, 9.17) is 4.74 Å². The molecule has 4 nitrogen and oxygen atoms in total. The molecular formula is C21H28O4. The number of Topliss-reactive ketones (excluding diaryl/α,β-unsaturated/α-hetero) is 2. The van der Waals surface area contributed by atoms with Crippen molar-refractivity contribution in [2.75, 3.05) is 0 Å². The monoisotopic (exact) mass is 344 g/mol. The lowest BCUT2D eigenvalue weighted by Gasteiger charge is -2.56. The first-order chi connectivity index (χ1) is 11.8. The van der Waals surface area contributed by atoms with Gasteiger partial charge >= 0.3 is 5.97 Å². The maximum atomic E-state index is 12.6. The summed E-state index contributed by atoms with van der Waals surface area (Å²) in [5, 5.41) is 0. The summed E-state index contributed by atoms with van der Waals surface area (Å²) in [6, 6.07) is 0. The third-order valence-electron chi connectivity index (χ3n) is 7.78. The molecule has 3 saturated carbocycles. The number of allylic oxidation sites excluding steroid dienone is 2. The van der Waals surface area contributed by atoms with E-state index in [0.717, 1.165) is 50.7 Å². The minimum absolute atomic E-state index is 0.0131. The largest absolute Gasteiger partial charge is 0.431 e. The quantitative estimate of drug-likeness (QED) is 0.533. The first-order valence-corrected chi connectivity index (χ1v) is 9.74. The Hall–Kier alpha value is -1.45. The number of carbonyl (C=O) groups excluding carboxylic acids is 3. The number of hydrogen-bond acceptors (Lipinski definition) is 4. The van der Waals surface area contributed by atoms with Crippen molar-refractivity contribution >= 4 is 17.5 Å². The molecule has 4 rings (SSSR count). The fourth-order valence-electron chi connectivity index (χ4n) is 6.77. The van der Waals surface area contributed by atoms with E-state index >= 15 is 0 Å². The molecule has 4 heteroatoms. The predicted octanol–water partition coefficient (Wildman–Crippen LogP) is 3.98. The molecule has 25 heavy (non-hydrogen) atoms. The highest BCUT2D eigenvalue weighted by molar-refractivity contribution is 6.40. The van der Waals surface area contributed by atoms with Crippen LogP contribution in [0.5, 0.6) is 0 Å². The minimum Gasteiger partial charge on any atom is -0.431 e. The van der Waals surface area contributed by atoms with Crippen LogP contribution in [-0.2, 0) is 19.1 Å². The Morgan fingerprint density at radius 2 is 1.88 bits per heavy atom. The molecule has 0 heterocycles. The van der Waals surface area contributed by atoms with Crippen LogP contribution in [0.15, 0.2) is 11.3 Å². The third-order valence-corrected chi connectivity index (χ3v) is 7.78. The Morgan fingerprint density at radius 1 is 1.12 bits per heavy atom. The summed E-state index contributed by atoms with van der Waals surface area (Å²) in [5.41, 5.74) is 1.20. The molecular weight excluding hydrogens is 316 g/mol. The molecule has 0 spiro atoms. The van der Waals surface area contributed by atoms with Gasteiger partial charge in [0.05, 0.1) is 0 Å². The second-order valence-electron chi connectivity index (χ2n) is 9.21. The van der Waals surface area contributed by atoms with Crippen LogP contribution in [0.4, 0.5) is 0 Å². The smallest absolute Gasteiger partial charge is 0.307 e. The maximum Gasteiger partial charge on any atom is 0.307 e. The zero-order chi connectivity index (χ0) is 18.0. The van der Waals surface area contributed by atoms with Crippen LogP contribution in [0.25, 0.3) is 0 Å². The molecule has 0 aromatic heterocycles. The van der Waals surface area contributed by atoms with Crippen molar-refractivity contribution in [2.45, 2.75) is 72.1 Å². The number of fused-ring (bicyclic) bond motifs is 5. The normalized spacial score (nSPS) is 43.4. The van der Waals surface area contributed by atoms with Crippen LogP contribution >= 0.6 is 0 Å². The lowest BCUT2D eigenvalue weighted by Crippen LogP contribution is -2.50. The van der Waals surface area contributed by atoms with Gasteiger partial charge in [0.2, 0.25) is 5.78 Å². The maximum absolute atomic E-state index is 12.6. The summed E-state index contributed by atoms with van der Waals surface area (Å²) in [4.78, 5) is 36.3. The van der Waals surface area contributed by atoms with Crippen LogP contribution in [0.2, 0.25) is 0 Å². The summed E-state index contributed by atoms with van der Waals surface area (Å²) < 4.78 is 5.57. The molecule has 0 bridgehead atoms. The van der Waals surface area contributed by atoms with E-state index in [1.54, 1.807) is 0 Å². The van der Waals surface area contributed by atoms with Crippen molar-refractivity contribution in [3.05, 3.63) is 11.3 Å². The third kappa shape index (κ3) is 2.36. The molecule has 0 radical (unpaired) electrons. The van der Waals surface area contributed by atoms with Crippen molar-refractivity contribution in [3.8, 4) is 0 Å². The molecule has 0 aliphatic heterocycles. The number of ketones is 2. The van der Waals surface area contributed by atoms with Gasteiger partial charge in [-0.2, -0.15) is 0 Å². The van der Waals surface area contributed by atoms with Gasteiger partial charge in [-0.25, -0.2) is 0 Å². The van der Waals surface area contributed by atoms with E-state index in [0.29, 0.717) is 18.3 Å². The lowest BCUT2D eigenvalue weighted by molar-refractivity contribution is -0.140. The van der Waals surface area contributed by atoms with Gasteiger partial charge in [0, 0.05) is 25.7 Å². The van der Waals surface area contributed by atoms with Gasteiger partial charge in [-0.3, -0.25) is 14.4 Å². The predicted molar refractivity (Wildman–Crippen MR) is 92.4 cm³/mol. The molecule has 0 N–H and O–H groups in total. The molecule has 0 aromatic carbocycles. The Balaban J connectivity index is 1.72. The number of hydrogen-bond donors (Lipinski definition) is 0. The van der Waals surface area contributed by atoms with E-state index in [-0.39, 0.29) is 34.3 Å². The fourth-order valence-corrected chi connectivity index (χ4v) is 6.77. The summed E-state index contributed by atoms with van der Waals surface area (Å²) in [7, 11) is 0. The standard InChI is InChI=1S/C21H28O4/c1-12(22)25-17-5-4-9-21(3)14-8-10-20(2)11-16(23)19(24)18(20)13(14)6-7-15(17)21/h13-14,18H,4-11H2,1-3H3/t13-,14+,18-,20-,21-/m1/s1. The zero-order valence-corrected chi connectivity index (χ0v) is 15.5. The lowest BCUT2D eigenvalue weighted by atomic mass is 9.47. The van der Waals surface area contributed by atoms with Crippen LogP contribution in [0, 0.1) is 28.6 Å². The highest BCUT2D eigenvalue weighted by atomic mass is 16.5. The Bertz CT molecular complexity index is 690. The fraction of sp³-hybridized carbons (Fsp3) is 0.762. The summed E-state index contributed by atoms with van der Waals surface area (Å²) in [6.45, 7) is 5.93. The van der Waals surface area contributed by atoms with E-state index < -0.39 is 0 Å². The summed E-state index contributed by atoms with van der Waals surface area (Å²) >= 11 is 0. The molecule has 0 aromatic rings. The molecule has 0 unspecified atom stereocenters. The number of carbonyl (C=O) groups is 3. The Morgan fingerprint density at radius 3 is 2.60 bits per heavy atom. The van der Waals surface area contributed by atoms with Crippen LogP contribution < -0.4 is 0 Å². The molecule has 136 valence electrons. The van der Waals surface area contributed by atoms with Crippen molar-refractivity contribution in [1.29, 1.82) is 0 Å². The van der Waals surface area contributed by atoms with E-state index in [9.17, 15) is 14.4 Å². The van der Waals surface area contributed by atoms with Crippen molar-refractivity contribution < 1.29 is 19.1 Å². The zero-order valence-electron chi connectivity index (χ0n) is 15.5. The van der Waals surface area contributed by atoms with Crippen LogP contribution in [-0.4, -0.2) is 17.5 Å². The van der Waals surface area contributed by atoms with Gasteiger partial charge in [-0.1, -0.05) is 13.8 Å². The van der Waals surface area contributed by atoms with Crippen molar-refractivity contribution in [3.63, 3.8) is 0 Å². The van der Waals surface area contributed by atoms with Crippen LogP contribution in [0.3, 0.4) is 0 Å².